The summed E-state index contributed by atoms with van der Waals surface area (Å²) < 4.78 is 10.5. The van der Waals surface area contributed by atoms with Crippen molar-refractivity contribution >= 4 is 33.4 Å². The van der Waals surface area contributed by atoms with E-state index in [0.717, 1.165) is 43.3 Å². The van der Waals surface area contributed by atoms with Crippen LogP contribution in [-0.2, 0) is 16.1 Å². The Bertz CT molecular complexity index is 916. The molecule has 164 valence electrons. The summed E-state index contributed by atoms with van der Waals surface area (Å²) in [6.45, 7) is 5.22. The Morgan fingerprint density at radius 1 is 1.33 bits per heavy atom. The molecule has 10 heteroatoms. The molecule has 2 aromatic heterocycles. The number of nitrogens with two attached hydrogens (primary N) is 1. The number of aromatic nitrogens is 2. The average molecular weight is 436 g/mol. The summed E-state index contributed by atoms with van der Waals surface area (Å²) in [5, 5.41) is 3.75. The van der Waals surface area contributed by atoms with Crippen LogP contribution in [0.1, 0.15) is 40.3 Å². The van der Waals surface area contributed by atoms with E-state index in [1.807, 2.05) is 6.92 Å². The zero-order valence-electron chi connectivity index (χ0n) is 17.7. The number of primary amides is 1. The van der Waals surface area contributed by atoms with Crippen LogP contribution in [0.5, 0.6) is 5.88 Å². The number of piperidine rings is 1. The van der Waals surface area contributed by atoms with Crippen molar-refractivity contribution in [3.05, 3.63) is 16.3 Å². The Balaban J connectivity index is 1.60. The van der Waals surface area contributed by atoms with Crippen LogP contribution in [0.25, 0.3) is 10.2 Å². The van der Waals surface area contributed by atoms with E-state index < -0.39 is 0 Å². The van der Waals surface area contributed by atoms with E-state index in [2.05, 4.69) is 20.2 Å². The summed E-state index contributed by atoms with van der Waals surface area (Å²) in [5.74, 6) is 0.563. The molecule has 1 saturated heterocycles. The number of nitrogens with one attached hydrogen (secondary N) is 1. The van der Waals surface area contributed by atoms with Crippen molar-refractivity contribution in [3.8, 4) is 5.88 Å². The number of thiophene rings is 1. The first-order valence-electron chi connectivity index (χ1n) is 10.1. The van der Waals surface area contributed by atoms with E-state index in [1.54, 1.807) is 14.2 Å². The standard InChI is InChI=1S/C20H29N5O4S/c1-12-15-19(29-3)23-14(11-28-2)24-20(15)30-16(12)18(27)22-7-5-9-25-8-4-6-13(10-25)17(21)26/h13H,4-11H2,1-3H3,(H2,21,26)(H,22,27). The zero-order chi connectivity index (χ0) is 21.7. The van der Waals surface area contributed by atoms with E-state index in [9.17, 15) is 9.59 Å². The summed E-state index contributed by atoms with van der Waals surface area (Å²) in [4.78, 5) is 36.6. The molecule has 0 aromatic carbocycles. The highest BCUT2D eigenvalue weighted by molar-refractivity contribution is 7.20. The van der Waals surface area contributed by atoms with Crippen molar-refractivity contribution in [2.45, 2.75) is 32.8 Å². The largest absolute Gasteiger partial charge is 0.480 e. The molecule has 0 spiro atoms. The van der Waals surface area contributed by atoms with E-state index in [-0.39, 0.29) is 24.3 Å². The number of ether oxygens (including phenoxy) is 2. The number of hydrogen-bond acceptors (Lipinski definition) is 8. The molecular formula is C20H29N5O4S. The number of fused-ring (bicyclic) bond motifs is 1. The van der Waals surface area contributed by atoms with E-state index >= 15 is 0 Å². The summed E-state index contributed by atoms with van der Waals surface area (Å²) in [6.07, 6.45) is 2.66. The number of hydrogen-bond donors (Lipinski definition) is 2. The Kier molecular flexibility index (Phi) is 7.57. The van der Waals surface area contributed by atoms with Gasteiger partial charge in [0, 0.05) is 20.2 Å². The molecule has 0 saturated carbocycles. The molecule has 0 bridgehead atoms. The fraction of sp³-hybridized carbons (Fsp3) is 0.600. The third kappa shape index (κ3) is 5.05. The number of methoxy groups -OCH3 is 2. The normalized spacial score (nSPS) is 17.2. The van der Waals surface area contributed by atoms with Crippen molar-refractivity contribution in [2.75, 3.05) is 40.4 Å². The molecule has 1 aliphatic rings. The molecule has 2 aromatic rings. The number of nitrogens with zero attached hydrogens (tertiary/aromatic N) is 3. The van der Waals surface area contributed by atoms with Gasteiger partial charge in [-0.15, -0.1) is 11.3 Å². The number of aryl methyl sites for hydroxylation is 1. The molecule has 1 aliphatic heterocycles. The van der Waals surface area contributed by atoms with Gasteiger partial charge < -0.3 is 25.4 Å². The predicted octanol–water partition coefficient (Wildman–Crippen LogP) is 1.47. The molecule has 3 rings (SSSR count). The lowest BCUT2D eigenvalue weighted by molar-refractivity contribution is -0.123. The SMILES string of the molecule is COCc1nc(OC)c2c(C)c(C(=O)NCCCN3CCCC(C(N)=O)C3)sc2n1. The maximum Gasteiger partial charge on any atom is 0.261 e. The second-order valence-corrected chi connectivity index (χ2v) is 8.47. The van der Waals surface area contributed by atoms with Crippen LogP contribution in [0.15, 0.2) is 0 Å². The average Bonchev–Trinajstić information content (AvgIpc) is 3.07. The van der Waals surface area contributed by atoms with Crippen LogP contribution in [-0.4, -0.2) is 67.1 Å². The van der Waals surface area contributed by atoms with Gasteiger partial charge in [-0.25, -0.2) is 4.98 Å². The lowest BCUT2D eigenvalue weighted by atomic mass is 9.97. The molecule has 0 radical (unpaired) electrons. The predicted molar refractivity (Wildman–Crippen MR) is 115 cm³/mol. The molecule has 3 heterocycles. The lowest BCUT2D eigenvalue weighted by Crippen LogP contribution is -2.42. The molecule has 30 heavy (non-hydrogen) atoms. The summed E-state index contributed by atoms with van der Waals surface area (Å²) in [6, 6.07) is 0. The smallest absolute Gasteiger partial charge is 0.261 e. The highest BCUT2D eigenvalue weighted by Crippen LogP contribution is 2.35. The first-order valence-corrected chi connectivity index (χ1v) is 10.9. The maximum absolute atomic E-state index is 12.7. The number of carbonyl (C=O) groups excluding carboxylic acids is 2. The minimum absolute atomic E-state index is 0.0615. The summed E-state index contributed by atoms with van der Waals surface area (Å²) in [7, 11) is 3.13. The number of likely N-dealkylation sites (tertiary alicyclic amines) is 1. The second-order valence-electron chi connectivity index (χ2n) is 7.47. The van der Waals surface area contributed by atoms with E-state index in [1.165, 1.54) is 11.3 Å². The zero-order valence-corrected chi connectivity index (χ0v) is 18.5. The molecule has 0 aliphatic carbocycles. The van der Waals surface area contributed by atoms with Gasteiger partial charge in [-0.05, 0) is 44.8 Å². The fourth-order valence-electron chi connectivity index (χ4n) is 3.78. The summed E-state index contributed by atoms with van der Waals surface area (Å²) >= 11 is 1.33. The monoisotopic (exact) mass is 435 g/mol. The van der Waals surface area contributed by atoms with Gasteiger partial charge >= 0.3 is 0 Å². The van der Waals surface area contributed by atoms with Gasteiger partial charge in [0.1, 0.15) is 11.4 Å². The third-order valence-corrected chi connectivity index (χ3v) is 6.51. The molecule has 1 fully saturated rings. The van der Waals surface area contributed by atoms with Crippen LogP contribution in [0.2, 0.25) is 0 Å². The third-order valence-electron chi connectivity index (χ3n) is 5.32. The van der Waals surface area contributed by atoms with Gasteiger partial charge in [-0.2, -0.15) is 4.98 Å². The first-order chi connectivity index (χ1) is 14.4. The topological polar surface area (TPSA) is 120 Å². The molecule has 3 N–H and O–H groups in total. The molecular weight excluding hydrogens is 406 g/mol. The van der Waals surface area contributed by atoms with Gasteiger partial charge in [0.15, 0.2) is 5.82 Å². The van der Waals surface area contributed by atoms with E-state index in [0.29, 0.717) is 34.5 Å². The molecule has 9 nitrogen and oxygen atoms in total. The molecule has 1 unspecified atom stereocenters. The van der Waals surface area contributed by atoms with Crippen molar-refractivity contribution in [2.24, 2.45) is 11.7 Å². The van der Waals surface area contributed by atoms with Crippen molar-refractivity contribution < 1.29 is 19.1 Å². The van der Waals surface area contributed by atoms with Gasteiger partial charge in [-0.3, -0.25) is 9.59 Å². The quantitative estimate of drug-likeness (QED) is 0.572. The van der Waals surface area contributed by atoms with Crippen molar-refractivity contribution in [1.82, 2.24) is 20.2 Å². The number of carbonyl (C=O) groups is 2. The Hall–Kier alpha value is -2.30. The Labute approximate surface area is 179 Å². The molecule has 2 amide bonds. The summed E-state index contributed by atoms with van der Waals surface area (Å²) in [5.41, 5.74) is 6.25. The van der Waals surface area contributed by atoms with Crippen LogP contribution in [0.3, 0.4) is 0 Å². The fourth-order valence-corrected chi connectivity index (χ4v) is 4.88. The number of amides is 2. The Morgan fingerprint density at radius 3 is 2.83 bits per heavy atom. The van der Waals surface area contributed by atoms with Crippen molar-refractivity contribution in [3.63, 3.8) is 0 Å². The first kappa shape index (κ1) is 22.4. The van der Waals surface area contributed by atoms with Crippen LogP contribution in [0, 0.1) is 12.8 Å². The van der Waals surface area contributed by atoms with Crippen LogP contribution < -0.4 is 15.8 Å². The maximum atomic E-state index is 12.7. The minimum Gasteiger partial charge on any atom is -0.480 e. The second kappa shape index (κ2) is 10.1. The highest BCUT2D eigenvalue weighted by atomic mass is 32.1. The van der Waals surface area contributed by atoms with E-state index in [4.69, 9.17) is 15.2 Å². The van der Waals surface area contributed by atoms with Gasteiger partial charge in [-0.1, -0.05) is 0 Å². The Morgan fingerprint density at radius 2 is 2.13 bits per heavy atom. The van der Waals surface area contributed by atoms with Crippen molar-refractivity contribution in [1.29, 1.82) is 0 Å². The minimum atomic E-state index is -0.222. The van der Waals surface area contributed by atoms with Gasteiger partial charge in [0.05, 0.1) is 23.3 Å². The van der Waals surface area contributed by atoms with Gasteiger partial charge in [0.25, 0.3) is 5.91 Å². The molecule has 1 atom stereocenters. The lowest BCUT2D eigenvalue weighted by Gasteiger charge is -2.31. The number of rotatable bonds is 9. The van der Waals surface area contributed by atoms with Crippen LogP contribution in [0.4, 0.5) is 0 Å². The van der Waals surface area contributed by atoms with Gasteiger partial charge in [0.2, 0.25) is 11.8 Å². The van der Waals surface area contributed by atoms with Crippen LogP contribution >= 0.6 is 11.3 Å². The highest BCUT2D eigenvalue weighted by Gasteiger charge is 2.24.